The number of carbonyl (C=O) groups excluding carboxylic acids is 1. The van der Waals surface area contributed by atoms with Gasteiger partial charge in [-0.05, 0) is 59.8 Å². The summed E-state index contributed by atoms with van der Waals surface area (Å²) < 4.78 is 0. The summed E-state index contributed by atoms with van der Waals surface area (Å²) in [5.74, 6) is -0.830. The minimum absolute atomic E-state index is 0.105. The molecule has 2 aliphatic heterocycles. The van der Waals surface area contributed by atoms with Crippen molar-refractivity contribution in [3.8, 4) is 0 Å². The number of hydrogen-bond donors (Lipinski definition) is 1. The first kappa shape index (κ1) is 20.0. The van der Waals surface area contributed by atoms with Crippen LogP contribution in [0.15, 0.2) is 54.6 Å². The monoisotopic (exact) mass is 416 g/mol. The highest BCUT2D eigenvalue weighted by molar-refractivity contribution is 6.18. The molecule has 1 unspecified atom stereocenters. The number of carboxylic acids is 1. The van der Waals surface area contributed by atoms with Crippen LogP contribution in [0.3, 0.4) is 0 Å². The fraction of sp³-hybridized carbons (Fsp3) is 0.385. The number of carbonyl (C=O) groups is 2. The van der Waals surface area contributed by atoms with Crippen molar-refractivity contribution >= 4 is 33.4 Å². The van der Waals surface area contributed by atoms with Gasteiger partial charge >= 0.3 is 5.97 Å². The first-order valence-electron chi connectivity index (χ1n) is 11.3. The Morgan fingerprint density at radius 1 is 0.839 bits per heavy atom. The number of rotatable bonds is 3. The highest BCUT2D eigenvalue weighted by Gasteiger charge is 2.33. The third kappa shape index (κ3) is 3.79. The van der Waals surface area contributed by atoms with E-state index in [4.69, 9.17) is 0 Å². The van der Waals surface area contributed by atoms with Gasteiger partial charge < -0.3 is 10.0 Å². The second-order valence-corrected chi connectivity index (χ2v) is 8.89. The maximum atomic E-state index is 13.7. The van der Waals surface area contributed by atoms with Crippen LogP contribution >= 0.6 is 0 Å². The molecule has 0 spiro atoms. The summed E-state index contributed by atoms with van der Waals surface area (Å²) >= 11 is 0. The zero-order chi connectivity index (χ0) is 21.4. The van der Waals surface area contributed by atoms with Crippen molar-refractivity contribution in [2.24, 2.45) is 5.92 Å². The Balaban J connectivity index is 1.37. The predicted octanol–water partition coefficient (Wildman–Crippen LogP) is 4.39. The summed E-state index contributed by atoms with van der Waals surface area (Å²) in [5, 5.41) is 13.6. The van der Waals surface area contributed by atoms with Crippen LogP contribution in [0, 0.1) is 5.92 Å². The maximum absolute atomic E-state index is 13.7. The van der Waals surface area contributed by atoms with E-state index in [1.807, 2.05) is 41.3 Å². The molecule has 2 fully saturated rings. The highest BCUT2D eigenvalue weighted by atomic mass is 16.4. The van der Waals surface area contributed by atoms with E-state index in [2.05, 4.69) is 23.1 Å². The lowest BCUT2D eigenvalue weighted by molar-refractivity contribution is -0.144. The van der Waals surface area contributed by atoms with Crippen molar-refractivity contribution in [1.29, 1.82) is 0 Å². The lowest BCUT2D eigenvalue weighted by Gasteiger charge is -2.41. The number of fused-ring (bicyclic) bond motifs is 2. The summed E-state index contributed by atoms with van der Waals surface area (Å²) in [4.78, 5) is 29.4. The minimum Gasteiger partial charge on any atom is -0.481 e. The number of carboxylic acid groups (broad SMARTS) is 1. The Morgan fingerprint density at radius 3 is 2.06 bits per heavy atom. The zero-order valence-electron chi connectivity index (χ0n) is 17.7. The van der Waals surface area contributed by atoms with Crippen molar-refractivity contribution in [2.75, 3.05) is 26.2 Å². The zero-order valence-corrected chi connectivity index (χ0v) is 17.7. The van der Waals surface area contributed by atoms with Gasteiger partial charge in [-0.2, -0.15) is 0 Å². The number of aliphatic carboxylic acids is 1. The molecule has 160 valence electrons. The first-order chi connectivity index (χ1) is 15.1. The second-order valence-electron chi connectivity index (χ2n) is 8.89. The van der Waals surface area contributed by atoms with Crippen molar-refractivity contribution in [1.82, 2.24) is 9.80 Å². The molecule has 0 radical (unpaired) electrons. The van der Waals surface area contributed by atoms with E-state index in [0.29, 0.717) is 12.6 Å². The number of benzene rings is 3. The molecule has 31 heavy (non-hydrogen) atoms. The van der Waals surface area contributed by atoms with Gasteiger partial charge in [0.2, 0.25) is 0 Å². The van der Waals surface area contributed by atoms with Gasteiger partial charge in [-0.15, -0.1) is 0 Å². The van der Waals surface area contributed by atoms with Crippen LogP contribution in [0.25, 0.3) is 21.5 Å². The molecule has 5 heteroatoms. The van der Waals surface area contributed by atoms with Gasteiger partial charge in [-0.3, -0.25) is 14.5 Å². The van der Waals surface area contributed by atoms with Crippen LogP contribution in [0.1, 0.15) is 36.0 Å². The van der Waals surface area contributed by atoms with Crippen LogP contribution in [-0.4, -0.2) is 59.0 Å². The molecule has 2 saturated heterocycles. The predicted molar refractivity (Wildman–Crippen MR) is 122 cm³/mol. The minimum atomic E-state index is -0.680. The molecule has 3 aromatic rings. The quantitative estimate of drug-likeness (QED) is 0.643. The van der Waals surface area contributed by atoms with Crippen LogP contribution in [0.4, 0.5) is 0 Å². The van der Waals surface area contributed by atoms with Crippen LogP contribution in [-0.2, 0) is 4.79 Å². The van der Waals surface area contributed by atoms with E-state index in [1.165, 1.54) is 0 Å². The number of hydrogen-bond acceptors (Lipinski definition) is 3. The molecule has 0 saturated carbocycles. The van der Waals surface area contributed by atoms with Gasteiger partial charge in [0.25, 0.3) is 5.91 Å². The van der Waals surface area contributed by atoms with E-state index in [9.17, 15) is 14.7 Å². The third-order valence-electron chi connectivity index (χ3n) is 7.06. The lowest BCUT2D eigenvalue weighted by atomic mass is 9.93. The number of nitrogens with zero attached hydrogens (tertiary/aromatic N) is 2. The van der Waals surface area contributed by atoms with Gasteiger partial charge in [-0.25, -0.2) is 0 Å². The van der Waals surface area contributed by atoms with E-state index in [0.717, 1.165) is 72.4 Å². The van der Waals surface area contributed by atoms with Gasteiger partial charge in [0.15, 0.2) is 0 Å². The SMILES string of the molecule is O=C(O)C1CCCN(C2CCN(C(=O)c3c4ccccc4cc4ccccc34)CC2)C1. The molecule has 0 aromatic heterocycles. The molecule has 1 amide bonds. The van der Waals surface area contributed by atoms with Crippen molar-refractivity contribution < 1.29 is 14.7 Å². The molecule has 3 aromatic carbocycles. The average Bonchev–Trinajstić information content (AvgIpc) is 2.82. The Kier molecular flexibility index (Phi) is 5.36. The van der Waals surface area contributed by atoms with E-state index in [-0.39, 0.29) is 11.8 Å². The number of likely N-dealkylation sites (tertiary alicyclic amines) is 2. The van der Waals surface area contributed by atoms with Crippen molar-refractivity contribution in [2.45, 2.75) is 31.7 Å². The molecule has 0 aliphatic carbocycles. The van der Waals surface area contributed by atoms with Crippen LogP contribution < -0.4 is 0 Å². The average molecular weight is 417 g/mol. The standard InChI is InChI=1S/C26H28N2O3/c29-25(24-22-9-3-1-6-18(22)16-19-7-2-4-10-23(19)24)27-14-11-21(12-15-27)28-13-5-8-20(17-28)26(30)31/h1-4,6-7,9-10,16,20-21H,5,8,11-15,17H2,(H,30,31). The Labute approximate surface area is 182 Å². The summed E-state index contributed by atoms with van der Waals surface area (Å²) in [6, 6.07) is 18.8. The molecule has 1 N–H and O–H groups in total. The topological polar surface area (TPSA) is 60.9 Å². The molecule has 5 nitrogen and oxygen atoms in total. The summed E-state index contributed by atoms with van der Waals surface area (Å²) in [6.45, 7) is 3.04. The lowest BCUT2D eigenvalue weighted by Crippen LogP contribution is -2.50. The Hall–Kier alpha value is -2.92. The van der Waals surface area contributed by atoms with Crippen molar-refractivity contribution in [3.05, 3.63) is 60.2 Å². The summed E-state index contributed by atoms with van der Waals surface area (Å²) in [5.41, 5.74) is 0.802. The van der Waals surface area contributed by atoms with Gasteiger partial charge in [0, 0.05) is 25.7 Å². The molecular weight excluding hydrogens is 388 g/mol. The highest BCUT2D eigenvalue weighted by Crippen LogP contribution is 2.31. The van der Waals surface area contributed by atoms with Crippen LogP contribution in [0.2, 0.25) is 0 Å². The molecule has 2 heterocycles. The van der Waals surface area contributed by atoms with Gasteiger partial charge in [-0.1, -0.05) is 48.5 Å². The number of piperidine rings is 2. The molecule has 1 atom stereocenters. The Bertz CT molecular complexity index is 1080. The Morgan fingerprint density at radius 2 is 1.45 bits per heavy atom. The van der Waals surface area contributed by atoms with Crippen molar-refractivity contribution in [3.63, 3.8) is 0 Å². The van der Waals surface area contributed by atoms with E-state index in [1.54, 1.807) is 0 Å². The molecular formula is C26H28N2O3. The largest absolute Gasteiger partial charge is 0.481 e. The first-order valence-corrected chi connectivity index (χ1v) is 11.3. The molecule has 2 aliphatic rings. The smallest absolute Gasteiger partial charge is 0.307 e. The third-order valence-corrected chi connectivity index (χ3v) is 7.06. The van der Waals surface area contributed by atoms with Crippen LogP contribution in [0.5, 0.6) is 0 Å². The number of amides is 1. The normalized spacial score (nSPS) is 20.9. The fourth-order valence-corrected chi connectivity index (χ4v) is 5.38. The molecule has 5 rings (SSSR count). The van der Waals surface area contributed by atoms with Gasteiger partial charge in [0.05, 0.1) is 11.5 Å². The van der Waals surface area contributed by atoms with Gasteiger partial charge in [0.1, 0.15) is 0 Å². The summed E-state index contributed by atoms with van der Waals surface area (Å²) in [6.07, 6.45) is 3.52. The second kappa shape index (κ2) is 8.31. The maximum Gasteiger partial charge on any atom is 0.307 e. The van der Waals surface area contributed by atoms with E-state index >= 15 is 0 Å². The fourth-order valence-electron chi connectivity index (χ4n) is 5.38. The molecule has 0 bridgehead atoms. The summed E-state index contributed by atoms with van der Waals surface area (Å²) in [7, 11) is 0. The van der Waals surface area contributed by atoms with E-state index < -0.39 is 5.97 Å².